The molecule has 0 radical (unpaired) electrons. The number of aliphatic hydroxyl groups is 1. The predicted molar refractivity (Wildman–Crippen MR) is 148 cm³/mol. The van der Waals surface area contributed by atoms with Gasteiger partial charge in [0.15, 0.2) is 0 Å². The van der Waals surface area contributed by atoms with E-state index in [1.54, 1.807) is 6.07 Å². The van der Waals surface area contributed by atoms with Crippen LogP contribution in [-0.2, 0) is 23.2 Å². The van der Waals surface area contributed by atoms with Crippen LogP contribution in [-0.4, -0.2) is 32.4 Å². The molecule has 0 spiro atoms. The lowest BCUT2D eigenvalue weighted by Crippen LogP contribution is -2.37. The molecule has 0 bridgehead atoms. The zero-order valence-electron chi connectivity index (χ0n) is 21.3. The summed E-state index contributed by atoms with van der Waals surface area (Å²) in [7, 11) is -5.48. The molecule has 36 heavy (non-hydrogen) atoms. The van der Waals surface area contributed by atoms with Gasteiger partial charge in [0, 0.05) is 14.6 Å². The molecule has 0 aliphatic carbocycles. The van der Waals surface area contributed by atoms with Gasteiger partial charge in [-0.1, -0.05) is 85.9 Å². The summed E-state index contributed by atoms with van der Waals surface area (Å²) in [4.78, 5) is 0. The van der Waals surface area contributed by atoms with E-state index < -0.39 is 18.3 Å². The van der Waals surface area contributed by atoms with Gasteiger partial charge in [-0.25, -0.2) is 8.61 Å². The molecule has 1 heterocycles. The number of anilines is 1. The maximum atomic E-state index is 13.5. The van der Waals surface area contributed by atoms with E-state index in [1.165, 1.54) is 17.3 Å². The number of nitrogens with zero attached hydrogens (tertiary/aromatic N) is 2. The van der Waals surface area contributed by atoms with E-state index >= 15 is 0 Å². The second-order valence-electron chi connectivity index (χ2n) is 10.4. The Morgan fingerprint density at radius 1 is 0.889 bits per heavy atom. The number of benzene rings is 3. The molecule has 3 aromatic rings. The summed E-state index contributed by atoms with van der Waals surface area (Å²) in [6.45, 7) is 9.14. The van der Waals surface area contributed by atoms with Gasteiger partial charge in [0.1, 0.15) is 18.0 Å². The van der Waals surface area contributed by atoms with Crippen molar-refractivity contribution in [2.75, 3.05) is 10.8 Å². The lowest BCUT2D eigenvalue weighted by Gasteiger charge is -2.25. The molecule has 0 saturated carbocycles. The van der Waals surface area contributed by atoms with Gasteiger partial charge in [-0.15, -0.1) is 0 Å². The Morgan fingerprint density at radius 2 is 1.58 bits per heavy atom. The average Bonchev–Trinajstić information content (AvgIpc) is 3.04. The van der Waals surface area contributed by atoms with Crippen LogP contribution < -0.4 is 9.04 Å². The monoisotopic (exact) mass is 522 g/mol. The zero-order valence-corrected chi connectivity index (χ0v) is 23.1. The van der Waals surface area contributed by atoms with Crippen LogP contribution >= 0.6 is 0 Å². The normalized spacial score (nSPS) is 15.2. The fourth-order valence-corrected chi connectivity index (χ4v) is 6.58. The minimum atomic E-state index is -3.97. The molecule has 8 heteroatoms. The number of ether oxygens (including phenoxy) is 1. The molecule has 190 valence electrons. The average molecular weight is 523 g/mol. The van der Waals surface area contributed by atoms with E-state index in [-0.39, 0.29) is 12.4 Å². The van der Waals surface area contributed by atoms with Crippen LogP contribution in [0.2, 0.25) is 25.7 Å². The Balaban J connectivity index is 1.66. The van der Waals surface area contributed by atoms with Crippen LogP contribution in [0.15, 0.2) is 84.9 Å². The summed E-state index contributed by atoms with van der Waals surface area (Å²) in [5, 5.41) is 10.6. The van der Waals surface area contributed by atoms with Crippen LogP contribution in [0.1, 0.15) is 22.3 Å². The fraction of sp³-hybridized carbons (Fsp3) is 0.286. The summed E-state index contributed by atoms with van der Waals surface area (Å²) in [5.74, 6) is 0.176. The van der Waals surface area contributed by atoms with Gasteiger partial charge in [-0.3, -0.25) is 0 Å². The van der Waals surface area contributed by atoms with E-state index in [1.807, 2.05) is 48.5 Å². The molecule has 1 N–H and O–H groups in total. The second-order valence-corrected chi connectivity index (χ2v) is 17.8. The van der Waals surface area contributed by atoms with Crippen molar-refractivity contribution >= 4 is 24.0 Å². The van der Waals surface area contributed by atoms with Gasteiger partial charge in [-0.05, 0) is 48.2 Å². The molecule has 1 aliphatic rings. The van der Waals surface area contributed by atoms with Crippen molar-refractivity contribution in [3.8, 4) is 5.75 Å². The largest absolute Gasteiger partial charge is 0.493 e. The Bertz CT molecular complexity index is 1350. The summed E-state index contributed by atoms with van der Waals surface area (Å²) < 4.78 is 35.3. The lowest BCUT2D eigenvalue weighted by molar-refractivity contribution is 0.294. The molecular weight excluding hydrogens is 488 g/mol. The Morgan fingerprint density at radius 3 is 2.28 bits per heavy atom. The third-order valence-corrected chi connectivity index (χ3v) is 9.52. The minimum Gasteiger partial charge on any atom is -0.493 e. The number of hydrogen-bond donors (Lipinski definition) is 1. The molecule has 0 saturated heterocycles. The van der Waals surface area contributed by atoms with Gasteiger partial charge < -0.3 is 9.84 Å². The molecule has 0 unspecified atom stereocenters. The van der Waals surface area contributed by atoms with E-state index in [4.69, 9.17) is 4.74 Å². The number of aryl methyl sites for hydroxylation is 1. The molecule has 0 fully saturated rings. The highest BCUT2D eigenvalue weighted by Gasteiger charge is 2.39. The van der Waals surface area contributed by atoms with Crippen molar-refractivity contribution in [1.82, 2.24) is 4.31 Å². The van der Waals surface area contributed by atoms with E-state index in [0.29, 0.717) is 24.5 Å². The third kappa shape index (κ3) is 6.12. The highest BCUT2D eigenvalue weighted by molar-refractivity contribution is 7.91. The smallest absolute Gasteiger partial charge is 0.332 e. The highest BCUT2D eigenvalue weighted by Crippen LogP contribution is 2.38. The predicted octanol–water partition coefficient (Wildman–Crippen LogP) is 6.23. The van der Waals surface area contributed by atoms with Gasteiger partial charge in [0.2, 0.25) is 5.88 Å². The number of aliphatic hydroxyl groups excluding tert-OH is 1. The van der Waals surface area contributed by atoms with E-state index in [9.17, 15) is 13.5 Å². The van der Waals surface area contributed by atoms with Gasteiger partial charge in [0.05, 0.1) is 6.20 Å². The quantitative estimate of drug-likeness (QED) is 0.338. The topological polar surface area (TPSA) is 70.1 Å². The first kappa shape index (κ1) is 25.8. The third-order valence-electron chi connectivity index (χ3n) is 6.07. The molecular formula is C28H34N2O4SSi. The lowest BCUT2D eigenvalue weighted by atomic mass is 10.0. The molecule has 1 aliphatic heterocycles. The summed E-state index contributed by atoms with van der Waals surface area (Å²) in [6.07, 6.45) is 1.96. The van der Waals surface area contributed by atoms with Gasteiger partial charge in [-0.2, -0.15) is 8.42 Å². The maximum Gasteiger partial charge on any atom is 0.332 e. The van der Waals surface area contributed by atoms with Crippen LogP contribution in [0.5, 0.6) is 5.75 Å². The minimum absolute atomic E-state index is 0.253. The molecule has 3 aromatic carbocycles. The van der Waals surface area contributed by atoms with Gasteiger partial charge in [0.25, 0.3) is 0 Å². The second kappa shape index (κ2) is 10.4. The van der Waals surface area contributed by atoms with E-state index in [0.717, 1.165) is 25.8 Å². The molecule has 6 nitrogen and oxygen atoms in total. The Labute approximate surface area is 215 Å². The maximum absolute atomic E-state index is 13.5. The van der Waals surface area contributed by atoms with Gasteiger partial charge >= 0.3 is 10.2 Å². The molecule has 0 amide bonds. The standard InChI is InChI=1S/C28H34N2O4SSi/c1-22-9-8-12-24(17-22)18-25-13-14-26(27(19-25)34-21-23-10-6-5-7-11-23)30-20-28(31)29(35(30,32)33)15-16-36(2,3)4/h5-14,17,19-20,31H,15-16,18,21H2,1-4H3. The van der Waals surface area contributed by atoms with Crippen molar-refractivity contribution in [2.24, 2.45) is 0 Å². The molecule has 0 atom stereocenters. The summed E-state index contributed by atoms with van der Waals surface area (Å²) in [6, 6.07) is 24.4. The SMILES string of the molecule is Cc1cccc(Cc2ccc(N3C=C(O)N(CC[Si](C)(C)C)S3(=O)=O)c(OCc3ccccc3)c2)c1. The van der Waals surface area contributed by atoms with Crippen LogP contribution in [0.3, 0.4) is 0 Å². The first-order chi connectivity index (χ1) is 17.0. The fourth-order valence-electron chi connectivity index (χ4n) is 4.08. The number of rotatable bonds is 9. The van der Waals surface area contributed by atoms with E-state index in [2.05, 4.69) is 44.8 Å². The summed E-state index contributed by atoms with van der Waals surface area (Å²) >= 11 is 0. The highest BCUT2D eigenvalue weighted by atomic mass is 32.2. The van der Waals surface area contributed by atoms with Crippen molar-refractivity contribution in [2.45, 2.75) is 45.6 Å². The first-order valence-electron chi connectivity index (χ1n) is 12.1. The molecule has 0 aromatic heterocycles. The number of hydrogen-bond acceptors (Lipinski definition) is 4. The van der Waals surface area contributed by atoms with Crippen LogP contribution in [0.4, 0.5) is 5.69 Å². The first-order valence-corrected chi connectivity index (χ1v) is 17.2. The zero-order chi connectivity index (χ0) is 25.9. The Hall–Kier alpha value is -3.23. The van der Waals surface area contributed by atoms with Crippen molar-refractivity contribution in [3.63, 3.8) is 0 Å². The molecule has 4 rings (SSSR count). The van der Waals surface area contributed by atoms with Crippen molar-refractivity contribution in [1.29, 1.82) is 0 Å². The van der Waals surface area contributed by atoms with Crippen LogP contribution in [0.25, 0.3) is 0 Å². The van der Waals surface area contributed by atoms with Crippen LogP contribution in [0, 0.1) is 6.92 Å². The summed E-state index contributed by atoms with van der Waals surface area (Å²) in [5.41, 5.74) is 4.72. The van der Waals surface area contributed by atoms with Crippen molar-refractivity contribution in [3.05, 3.63) is 107 Å². The van der Waals surface area contributed by atoms with Crippen molar-refractivity contribution < 1.29 is 18.3 Å². The Kier molecular flexibility index (Phi) is 7.47.